The van der Waals surface area contributed by atoms with Gasteiger partial charge in [-0.25, -0.2) is 4.68 Å². The fourth-order valence-corrected chi connectivity index (χ4v) is 2.98. The Bertz CT molecular complexity index is 1190. The first-order valence-corrected chi connectivity index (χ1v) is 9.29. The Morgan fingerprint density at radius 1 is 0.867 bits per heavy atom. The number of hydrogen-bond acceptors (Lipinski definition) is 5. The molecule has 4 rings (SSSR count). The minimum Gasteiger partial charge on any atom is -0.322 e. The number of tetrazole rings is 1. The number of carbonyl (C=O) groups is 2. The van der Waals surface area contributed by atoms with Crippen molar-refractivity contribution < 1.29 is 9.59 Å². The second-order valence-electron chi connectivity index (χ2n) is 6.27. The Morgan fingerprint density at radius 3 is 2.40 bits per heavy atom. The number of anilines is 2. The van der Waals surface area contributed by atoms with Crippen LogP contribution >= 0.6 is 11.6 Å². The van der Waals surface area contributed by atoms with Crippen LogP contribution < -0.4 is 10.6 Å². The molecule has 0 fully saturated rings. The van der Waals surface area contributed by atoms with Crippen LogP contribution in [0, 0.1) is 0 Å². The third kappa shape index (κ3) is 4.34. The molecule has 0 saturated carbocycles. The lowest BCUT2D eigenvalue weighted by Crippen LogP contribution is -2.18. The van der Waals surface area contributed by atoms with Crippen molar-refractivity contribution in [2.45, 2.75) is 0 Å². The second-order valence-corrected chi connectivity index (χ2v) is 6.70. The summed E-state index contributed by atoms with van der Waals surface area (Å²) in [5.41, 5.74) is 2.43. The zero-order chi connectivity index (χ0) is 20.9. The van der Waals surface area contributed by atoms with E-state index in [-0.39, 0.29) is 11.8 Å². The number of rotatable bonds is 5. The van der Waals surface area contributed by atoms with Gasteiger partial charge in [0.1, 0.15) is 6.33 Å². The lowest BCUT2D eigenvalue weighted by molar-refractivity contribution is 0.102. The number of halogens is 1. The minimum atomic E-state index is -0.359. The van der Waals surface area contributed by atoms with Gasteiger partial charge in [-0.1, -0.05) is 29.8 Å². The highest BCUT2D eigenvalue weighted by Gasteiger charge is 2.14. The van der Waals surface area contributed by atoms with E-state index in [0.717, 1.165) is 5.69 Å². The van der Waals surface area contributed by atoms with E-state index in [4.69, 9.17) is 11.6 Å². The molecular weight excluding hydrogens is 404 g/mol. The summed E-state index contributed by atoms with van der Waals surface area (Å²) in [6.07, 6.45) is 1.46. The van der Waals surface area contributed by atoms with Gasteiger partial charge in [0.25, 0.3) is 11.8 Å². The molecule has 0 radical (unpaired) electrons. The van der Waals surface area contributed by atoms with E-state index in [1.165, 1.54) is 11.0 Å². The van der Waals surface area contributed by atoms with Gasteiger partial charge in [-0.05, 0) is 65.0 Å². The largest absolute Gasteiger partial charge is 0.322 e. The molecule has 9 heteroatoms. The molecule has 0 aliphatic rings. The van der Waals surface area contributed by atoms with Crippen molar-refractivity contribution in [2.24, 2.45) is 0 Å². The molecule has 0 atom stereocenters. The Hall–Kier alpha value is -4.04. The van der Waals surface area contributed by atoms with E-state index in [1.807, 2.05) is 0 Å². The van der Waals surface area contributed by atoms with Gasteiger partial charge in [0.15, 0.2) is 0 Å². The predicted octanol–water partition coefficient (Wildman–Crippen LogP) is 3.82. The number of benzene rings is 3. The second kappa shape index (κ2) is 8.54. The highest BCUT2D eigenvalue weighted by molar-refractivity contribution is 6.31. The summed E-state index contributed by atoms with van der Waals surface area (Å²) in [6.45, 7) is 0. The van der Waals surface area contributed by atoms with Crippen LogP contribution in [0.4, 0.5) is 11.4 Å². The standard InChI is InChI=1S/C21H15ClN6O2/c22-15-4-3-5-16(12-15)24-21(30)18-6-1-2-7-19(18)25-20(29)14-8-10-17(11-9-14)28-13-23-26-27-28/h1-13H,(H,24,30)(H,25,29). The molecule has 1 heterocycles. The van der Waals surface area contributed by atoms with Gasteiger partial charge in [-0.3, -0.25) is 9.59 Å². The quantitative estimate of drug-likeness (QED) is 0.513. The molecule has 2 N–H and O–H groups in total. The van der Waals surface area contributed by atoms with Gasteiger partial charge < -0.3 is 10.6 Å². The average Bonchev–Trinajstić information content (AvgIpc) is 3.29. The third-order valence-electron chi connectivity index (χ3n) is 4.25. The molecule has 8 nitrogen and oxygen atoms in total. The average molecular weight is 419 g/mol. The van der Waals surface area contributed by atoms with Crippen molar-refractivity contribution >= 4 is 34.8 Å². The van der Waals surface area contributed by atoms with E-state index in [1.54, 1.807) is 72.8 Å². The van der Waals surface area contributed by atoms with Crippen molar-refractivity contribution in [2.75, 3.05) is 10.6 Å². The smallest absolute Gasteiger partial charge is 0.257 e. The van der Waals surface area contributed by atoms with E-state index in [2.05, 4.69) is 26.2 Å². The molecular formula is C21H15ClN6O2. The monoisotopic (exact) mass is 418 g/mol. The van der Waals surface area contributed by atoms with E-state index < -0.39 is 0 Å². The molecule has 2 amide bonds. The van der Waals surface area contributed by atoms with Gasteiger partial charge in [-0.2, -0.15) is 0 Å². The van der Waals surface area contributed by atoms with E-state index in [0.29, 0.717) is 27.5 Å². The van der Waals surface area contributed by atoms with Crippen molar-refractivity contribution in [1.82, 2.24) is 20.2 Å². The van der Waals surface area contributed by atoms with Crippen LogP contribution in [0.25, 0.3) is 5.69 Å². The molecule has 3 aromatic carbocycles. The number of hydrogen-bond donors (Lipinski definition) is 2. The van der Waals surface area contributed by atoms with Gasteiger partial charge in [0.05, 0.1) is 16.9 Å². The van der Waals surface area contributed by atoms with Crippen LogP contribution in [-0.4, -0.2) is 32.0 Å². The van der Waals surface area contributed by atoms with Gasteiger partial charge in [-0.15, -0.1) is 5.10 Å². The fourth-order valence-electron chi connectivity index (χ4n) is 2.79. The topological polar surface area (TPSA) is 102 Å². The van der Waals surface area contributed by atoms with Crippen LogP contribution in [-0.2, 0) is 0 Å². The lowest BCUT2D eigenvalue weighted by Gasteiger charge is -2.12. The molecule has 148 valence electrons. The minimum absolute atomic E-state index is 0.330. The zero-order valence-corrected chi connectivity index (χ0v) is 16.2. The number of carbonyl (C=O) groups excluding carboxylic acids is 2. The van der Waals surface area contributed by atoms with Crippen LogP contribution in [0.2, 0.25) is 5.02 Å². The van der Waals surface area contributed by atoms with Crippen LogP contribution in [0.1, 0.15) is 20.7 Å². The normalized spacial score (nSPS) is 10.4. The predicted molar refractivity (Wildman–Crippen MR) is 113 cm³/mol. The molecule has 1 aromatic heterocycles. The van der Waals surface area contributed by atoms with Crippen LogP contribution in [0.5, 0.6) is 0 Å². The maximum absolute atomic E-state index is 12.7. The molecule has 0 aliphatic heterocycles. The molecule has 30 heavy (non-hydrogen) atoms. The number of para-hydroxylation sites is 1. The highest BCUT2D eigenvalue weighted by atomic mass is 35.5. The third-order valence-corrected chi connectivity index (χ3v) is 4.48. The Kier molecular flexibility index (Phi) is 5.49. The molecule has 4 aromatic rings. The van der Waals surface area contributed by atoms with Crippen molar-refractivity contribution in [1.29, 1.82) is 0 Å². The Balaban J connectivity index is 1.51. The number of aromatic nitrogens is 4. The van der Waals surface area contributed by atoms with Crippen LogP contribution in [0.3, 0.4) is 0 Å². The number of nitrogens with zero attached hydrogens (tertiary/aromatic N) is 4. The summed E-state index contributed by atoms with van der Waals surface area (Å²) in [4.78, 5) is 25.4. The number of amides is 2. The maximum Gasteiger partial charge on any atom is 0.257 e. The highest BCUT2D eigenvalue weighted by Crippen LogP contribution is 2.20. The summed E-state index contributed by atoms with van der Waals surface area (Å²) in [7, 11) is 0. The molecule has 0 saturated heterocycles. The summed E-state index contributed by atoms with van der Waals surface area (Å²) in [5, 5.41) is 17.0. The van der Waals surface area contributed by atoms with E-state index >= 15 is 0 Å². The molecule has 0 unspecified atom stereocenters. The summed E-state index contributed by atoms with van der Waals surface area (Å²) in [5.74, 6) is -0.705. The SMILES string of the molecule is O=C(Nc1ccccc1C(=O)Nc1cccc(Cl)c1)c1ccc(-n2cnnn2)cc1. The summed E-state index contributed by atoms with van der Waals surface area (Å²) < 4.78 is 1.48. The molecule has 0 bridgehead atoms. The molecule has 0 spiro atoms. The molecule has 0 aliphatic carbocycles. The first-order valence-electron chi connectivity index (χ1n) is 8.91. The van der Waals surface area contributed by atoms with Gasteiger partial charge >= 0.3 is 0 Å². The van der Waals surface area contributed by atoms with Crippen molar-refractivity contribution in [3.05, 3.63) is 95.3 Å². The summed E-state index contributed by atoms with van der Waals surface area (Å²) >= 11 is 5.97. The number of nitrogens with one attached hydrogen (secondary N) is 2. The zero-order valence-electron chi connectivity index (χ0n) is 15.5. The maximum atomic E-state index is 12.7. The summed E-state index contributed by atoms with van der Waals surface area (Å²) in [6, 6.07) is 20.4. The Labute approximate surface area is 176 Å². The van der Waals surface area contributed by atoms with Gasteiger partial charge in [0, 0.05) is 16.3 Å². The fraction of sp³-hybridized carbons (Fsp3) is 0. The lowest BCUT2D eigenvalue weighted by atomic mass is 10.1. The first kappa shape index (κ1) is 19.3. The Morgan fingerprint density at radius 2 is 1.67 bits per heavy atom. The first-order chi connectivity index (χ1) is 14.6. The van der Waals surface area contributed by atoms with Crippen LogP contribution in [0.15, 0.2) is 79.1 Å². The van der Waals surface area contributed by atoms with Crippen molar-refractivity contribution in [3.63, 3.8) is 0 Å². The van der Waals surface area contributed by atoms with Gasteiger partial charge in [0.2, 0.25) is 0 Å². The van der Waals surface area contributed by atoms with Crippen molar-refractivity contribution in [3.8, 4) is 5.69 Å². The van der Waals surface area contributed by atoms with E-state index in [9.17, 15) is 9.59 Å².